The Balaban J connectivity index is 2.17. The minimum absolute atomic E-state index is 0.330. The van der Waals surface area contributed by atoms with Gasteiger partial charge in [0, 0.05) is 5.02 Å². The average Bonchev–Trinajstić information content (AvgIpc) is 2.47. The van der Waals surface area contributed by atoms with Crippen LogP contribution in [0.4, 0.5) is 0 Å². The Morgan fingerprint density at radius 3 is 2.29 bits per heavy atom. The van der Waals surface area contributed by atoms with E-state index in [1.165, 1.54) is 0 Å². The van der Waals surface area contributed by atoms with Gasteiger partial charge in [0.05, 0.1) is 17.1 Å². The molecule has 0 aliphatic heterocycles. The molecule has 0 bridgehead atoms. The predicted octanol–water partition coefficient (Wildman–Crippen LogP) is 3.55. The minimum atomic E-state index is -3.47. The van der Waals surface area contributed by atoms with Gasteiger partial charge in [0.15, 0.2) is 9.84 Å². The fourth-order valence-corrected chi connectivity index (χ4v) is 3.80. The molecule has 112 valence electrons. The Morgan fingerprint density at radius 1 is 1.05 bits per heavy atom. The second-order valence-corrected chi connectivity index (χ2v) is 7.76. The third-order valence-electron chi connectivity index (χ3n) is 3.43. The van der Waals surface area contributed by atoms with Crippen LogP contribution >= 0.6 is 11.6 Å². The van der Waals surface area contributed by atoms with E-state index >= 15 is 0 Å². The standard InChI is InChI=1S/C16H17ClO3S/c1-12(13-6-3-2-4-7-13)21(19,20)11-16(18)14-8-5-9-15(17)10-14/h2-10,12,16,18H,11H2,1H3. The van der Waals surface area contributed by atoms with E-state index in [1.807, 2.05) is 6.07 Å². The fourth-order valence-electron chi connectivity index (χ4n) is 2.11. The van der Waals surface area contributed by atoms with E-state index in [2.05, 4.69) is 0 Å². The highest BCUT2D eigenvalue weighted by Crippen LogP contribution is 2.27. The maximum atomic E-state index is 12.4. The normalized spacial score (nSPS) is 14.6. The highest BCUT2D eigenvalue weighted by Gasteiger charge is 2.26. The van der Waals surface area contributed by atoms with E-state index in [0.29, 0.717) is 10.6 Å². The Bertz CT molecular complexity index is 698. The van der Waals surface area contributed by atoms with Crippen LogP contribution in [0.25, 0.3) is 0 Å². The first-order chi connectivity index (χ1) is 9.90. The third-order valence-corrected chi connectivity index (χ3v) is 5.80. The van der Waals surface area contributed by atoms with Gasteiger partial charge in [-0.25, -0.2) is 8.42 Å². The monoisotopic (exact) mass is 324 g/mol. The molecule has 0 aromatic heterocycles. The van der Waals surface area contributed by atoms with Crippen molar-refractivity contribution in [3.63, 3.8) is 0 Å². The summed E-state index contributed by atoms with van der Waals surface area (Å²) in [5, 5.41) is 9.95. The molecule has 21 heavy (non-hydrogen) atoms. The molecule has 2 atom stereocenters. The molecule has 0 fully saturated rings. The van der Waals surface area contributed by atoms with E-state index < -0.39 is 21.2 Å². The van der Waals surface area contributed by atoms with E-state index in [9.17, 15) is 13.5 Å². The lowest BCUT2D eigenvalue weighted by Gasteiger charge is -2.17. The quantitative estimate of drug-likeness (QED) is 0.915. The highest BCUT2D eigenvalue weighted by atomic mass is 35.5. The highest BCUT2D eigenvalue weighted by molar-refractivity contribution is 7.91. The number of benzene rings is 2. The average molecular weight is 325 g/mol. The number of aliphatic hydroxyl groups excluding tert-OH is 1. The fraction of sp³-hybridized carbons (Fsp3) is 0.250. The zero-order valence-corrected chi connectivity index (χ0v) is 13.2. The Morgan fingerprint density at radius 2 is 1.67 bits per heavy atom. The van der Waals surface area contributed by atoms with Crippen LogP contribution in [-0.2, 0) is 9.84 Å². The Hall–Kier alpha value is -1.36. The zero-order valence-electron chi connectivity index (χ0n) is 11.6. The number of aliphatic hydroxyl groups is 1. The molecule has 2 aromatic rings. The van der Waals surface area contributed by atoms with Crippen molar-refractivity contribution in [2.45, 2.75) is 18.3 Å². The number of sulfone groups is 1. The lowest BCUT2D eigenvalue weighted by molar-refractivity contribution is 0.201. The van der Waals surface area contributed by atoms with Crippen LogP contribution in [0.5, 0.6) is 0 Å². The molecule has 2 unspecified atom stereocenters. The van der Waals surface area contributed by atoms with Crippen molar-refractivity contribution in [1.29, 1.82) is 0 Å². The topological polar surface area (TPSA) is 54.4 Å². The first-order valence-corrected chi connectivity index (χ1v) is 8.69. The van der Waals surface area contributed by atoms with Gasteiger partial charge < -0.3 is 5.11 Å². The molecule has 2 aromatic carbocycles. The summed E-state index contributed by atoms with van der Waals surface area (Å²) >= 11 is 5.86. The lowest BCUT2D eigenvalue weighted by atomic mass is 10.1. The maximum Gasteiger partial charge on any atom is 0.159 e. The summed E-state index contributed by atoms with van der Waals surface area (Å²) in [5.41, 5.74) is 1.22. The van der Waals surface area contributed by atoms with Crippen molar-refractivity contribution in [3.05, 3.63) is 70.7 Å². The van der Waals surface area contributed by atoms with Gasteiger partial charge in [0.25, 0.3) is 0 Å². The zero-order chi connectivity index (χ0) is 15.5. The molecule has 5 heteroatoms. The summed E-state index contributed by atoms with van der Waals surface area (Å²) in [7, 11) is -3.47. The van der Waals surface area contributed by atoms with Crippen LogP contribution in [0, 0.1) is 0 Å². The summed E-state index contributed by atoms with van der Waals surface area (Å²) in [6.07, 6.45) is -1.08. The largest absolute Gasteiger partial charge is 0.387 e. The summed E-state index contributed by atoms with van der Waals surface area (Å²) < 4.78 is 24.8. The van der Waals surface area contributed by atoms with Crippen LogP contribution in [0.2, 0.25) is 5.02 Å². The van der Waals surface area contributed by atoms with E-state index in [-0.39, 0.29) is 5.75 Å². The van der Waals surface area contributed by atoms with Gasteiger partial charge in [-0.2, -0.15) is 0 Å². The predicted molar refractivity (Wildman–Crippen MR) is 85.1 cm³/mol. The summed E-state index contributed by atoms with van der Waals surface area (Å²) in [6, 6.07) is 15.6. The van der Waals surface area contributed by atoms with Gasteiger partial charge in [-0.05, 0) is 30.2 Å². The van der Waals surface area contributed by atoms with Crippen molar-refractivity contribution in [1.82, 2.24) is 0 Å². The number of hydrogen-bond donors (Lipinski definition) is 1. The molecule has 0 saturated carbocycles. The molecule has 1 N–H and O–H groups in total. The van der Waals surface area contributed by atoms with Gasteiger partial charge in [0.2, 0.25) is 0 Å². The first-order valence-electron chi connectivity index (χ1n) is 6.60. The van der Waals surface area contributed by atoms with Gasteiger partial charge in [0.1, 0.15) is 0 Å². The lowest BCUT2D eigenvalue weighted by Crippen LogP contribution is -2.19. The second kappa shape index (κ2) is 6.60. The van der Waals surface area contributed by atoms with Gasteiger partial charge in [-0.3, -0.25) is 0 Å². The van der Waals surface area contributed by atoms with Crippen molar-refractivity contribution in [2.75, 3.05) is 5.75 Å². The van der Waals surface area contributed by atoms with Crippen molar-refractivity contribution in [3.8, 4) is 0 Å². The van der Waals surface area contributed by atoms with Crippen molar-refractivity contribution < 1.29 is 13.5 Å². The molecular weight excluding hydrogens is 308 g/mol. The summed E-state index contributed by atoms with van der Waals surface area (Å²) in [5.74, 6) is -0.330. The Kier molecular flexibility index (Phi) is 5.04. The smallest absolute Gasteiger partial charge is 0.159 e. The van der Waals surface area contributed by atoms with Gasteiger partial charge in [-0.15, -0.1) is 0 Å². The molecule has 0 aliphatic rings. The molecule has 0 amide bonds. The summed E-state index contributed by atoms with van der Waals surface area (Å²) in [4.78, 5) is 0. The summed E-state index contributed by atoms with van der Waals surface area (Å²) in [6.45, 7) is 1.63. The van der Waals surface area contributed by atoms with Crippen LogP contribution < -0.4 is 0 Å². The molecule has 0 aliphatic carbocycles. The molecule has 0 radical (unpaired) electrons. The van der Waals surface area contributed by atoms with Crippen molar-refractivity contribution in [2.24, 2.45) is 0 Å². The van der Waals surface area contributed by atoms with Gasteiger partial charge >= 0.3 is 0 Å². The van der Waals surface area contributed by atoms with Crippen LogP contribution in [0.1, 0.15) is 29.4 Å². The molecule has 0 heterocycles. The molecule has 3 nitrogen and oxygen atoms in total. The van der Waals surface area contributed by atoms with Crippen LogP contribution in [-0.4, -0.2) is 19.3 Å². The Labute approximate surface area is 130 Å². The maximum absolute atomic E-state index is 12.4. The van der Waals surface area contributed by atoms with Crippen molar-refractivity contribution >= 4 is 21.4 Å². The number of hydrogen-bond acceptors (Lipinski definition) is 3. The minimum Gasteiger partial charge on any atom is -0.387 e. The molecule has 0 spiro atoms. The molecule has 0 saturated heterocycles. The first kappa shape index (κ1) is 16.0. The number of rotatable bonds is 5. The van der Waals surface area contributed by atoms with E-state index in [0.717, 1.165) is 5.56 Å². The molecule has 2 rings (SSSR count). The SMILES string of the molecule is CC(c1ccccc1)S(=O)(=O)CC(O)c1cccc(Cl)c1. The van der Waals surface area contributed by atoms with E-state index in [4.69, 9.17) is 11.6 Å². The third kappa shape index (κ3) is 4.06. The number of halogens is 1. The second-order valence-electron chi connectivity index (χ2n) is 4.95. The van der Waals surface area contributed by atoms with Crippen LogP contribution in [0.3, 0.4) is 0 Å². The van der Waals surface area contributed by atoms with Crippen LogP contribution in [0.15, 0.2) is 54.6 Å². The molecular formula is C16H17ClO3S. The van der Waals surface area contributed by atoms with Gasteiger partial charge in [-0.1, -0.05) is 54.1 Å². The van der Waals surface area contributed by atoms with E-state index in [1.54, 1.807) is 55.5 Å².